The van der Waals surface area contributed by atoms with Crippen molar-refractivity contribution in [2.24, 2.45) is 0 Å². The van der Waals surface area contributed by atoms with E-state index in [1.165, 1.54) is 12.4 Å². The topological polar surface area (TPSA) is 112 Å². The first-order chi connectivity index (χ1) is 17.5. The van der Waals surface area contributed by atoms with Crippen LogP contribution in [0.25, 0.3) is 32.9 Å². The minimum atomic E-state index is -0.643. The number of carbonyl (C=O) groups excluding carboxylic acids is 2. The Morgan fingerprint density at radius 1 is 1.08 bits per heavy atom. The van der Waals surface area contributed by atoms with E-state index in [9.17, 15) is 9.59 Å². The average Bonchev–Trinajstić information content (AvgIpc) is 2.91. The van der Waals surface area contributed by atoms with E-state index in [1.54, 1.807) is 11.0 Å². The monoisotopic (exact) mass is 502 g/mol. The minimum Gasteiger partial charge on any atom is -0.387 e. The highest BCUT2D eigenvalue weighted by atomic mass is 35.5. The first-order valence-corrected chi connectivity index (χ1v) is 11.8. The predicted molar refractivity (Wildman–Crippen MR) is 140 cm³/mol. The van der Waals surface area contributed by atoms with Crippen LogP contribution in [0, 0.1) is 0 Å². The van der Waals surface area contributed by atoms with Gasteiger partial charge in [0, 0.05) is 42.5 Å². The minimum absolute atomic E-state index is 0.0768. The number of fused-ring (bicyclic) bond motifs is 2. The van der Waals surface area contributed by atoms with Crippen LogP contribution in [-0.4, -0.2) is 69.6 Å². The molecule has 0 spiro atoms. The highest BCUT2D eigenvalue weighted by Crippen LogP contribution is 2.37. The fourth-order valence-corrected chi connectivity index (χ4v) is 4.67. The van der Waals surface area contributed by atoms with E-state index in [-0.39, 0.29) is 5.91 Å². The molecule has 2 aromatic heterocycles. The van der Waals surface area contributed by atoms with Gasteiger partial charge in [-0.15, -0.1) is 0 Å². The molecule has 1 saturated heterocycles. The zero-order chi connectivity index (χ0) is 25.2. The summed E-state index contributed by atoms with van der Waals surface area (Å²) >= 11 is 6.81. The van der Waals surface area contributed by atoms with Gasteiger partial charge in [-0.2, -0.15) is 0 Å². The second kappa shape index (κ2) is 9.88. The highest BCUT2D eigenvalue weighted by Gasteiger charge is 2.23. The number of aromatic nitrogens is 3. The maximum atomic E-state index is 11.9. The van der Waals surface area contributed by atoms with Crippen LogP contribution in [-0.2, 0) is 9.59 Å². The number of nitrogens with one attached hydrogen (secondary N) is 1. The number of anilines is 2. The van der Waals surface area contributed by atoms with Crippen LogP contribution in [0.15, 0.2) is 61.4 Å². The lowest BCUT2D eigenvalue weighted by Crippen LogP contribution is -2.48. The number of carbonyl (C=O) groups is 2. The summed E-state index contributed by atoms with van der Waals surface area (Å²) in [6.07, 6.45) is 2.85. The molecule has 2 aromatic carbocycles. The van der Waals surface area contributed by atoms with Gasteiger partial charge in [-0.25, -0.2) is 15.0 Å². The maximum absolute atomic E-state index is 11.9. The van der Waals surface area contributed by atoms with Gasteiger partial charge in [0.2, 0.25) is 5.91 Å². The molecule has 0 bridgehead atoms. The second-order valence-electron chi connectivity index (χ2n) is 8.35. The normalized spacial score (nSPS) is 13.7. The molecule has 10 heteroatoms. The molecule has 1 aliphatic rings. The van der Waals surface area contributed by atoms with Crippen molar-refractivity contribution in [1.29, 1.82) is 0 Å². The smallest absolute Gasteiger partial charge is 0.251 e. The predicted octanol–water partition coefficient (Wildman–Crippen LogP) is 3.26. The average molecular weight is 503 g/mol. The molecule has 0 unspecified atom stereocenters. The molecule has 182 valence electrons. The van der Waals surface area contributed by atoms with Crippen molar-refractivity contribution >= 4 is 56.7 Å². The van der Waals surface area contributed by atoms with Crippen LogP contribution in [0.4, 0.5) is 11.6 Å². The molecule has 1 aliphatic heterocycles. The van der Waals surface area contributed by atoms with E-state index in [1.807, 2.05) is 36.4 Å². The summed E-state index contributed by atoms with van der Waals surface area (Å²) in [4.78, 5) is 41.3. The number of nitrogens with zero attached hydrogens (tertiary/aromatic N) is 5. The number of benzene rings is 2. The fourth-order valence-electron chi connectivity index (χ4n) is 4.41. The molecule has 36 heavy (non-hydrogen) atoms. The van der Waals surface area contributed by atoms with Crippen molar-refractivity contribution in [3.63, 3.8) is 0 Å². The molecule has 0 atom stereocenters. The summed E-state index contributed by atoms with van der Waals surface area (Å²) in [6, 6.07) is 13.1. The summed E-state index contributed by atoms with van der Waals surface area (Å²) in [5, 5.41) is 14.7. The number of amides is 2. The highest BCUT2D eigenvalue weighted by molar-refractivity contribution is 6.34. The van der Waals surface area contributed by atoms with Crippen LogP contribution >= 0.6 is 11.6 Å². The Balaban J connectivity index is 1.57. The van der Waals surface area contributed by atoms with Crippen LogP contribution in [0.2, 0.25) is 5.02 Å². The van der Waals surface area contributed by atoms with Gasteiger partial charge in [0.05, 0.1) is 16.2 Å². The van der Waals surface area contributed by atoms with E-state index >= 15 is 0 Å². The Morgan fingerprint density at radius 2 is 1.86 bits per heavy atom. The van der Waals surface area contributed by atoms with Crippen LogP contribution < -0.4 is 10.2 Å². The third-order valence-electron chi connectivity index (χ3n) is 6.18. The molecule has 3 heterocycles. The number of rotatable bonds is 5. The van der Waals surface area contributed by atoms with Gasteiger partial charge in [0.15, 0.2) is 0 Å². The Kier molecular flexibility index (Phi) is 6.49. The van der Waals surface area contributed by atoms with Gasteiger partial charge >= 0.3 is 0 Å². The number of halogens is 1. The standard InChI is InChI=1S/C26H23ClN6O3/c1-2-24(36)32-7-9-33(10-8-32)26-19-12-20(27)18(13-21(19)28-15-29-26)25-17-6-4-3-5-16(17)11-22(31-25)30-23(35)14-34/h2-6,11-13,15,34H,1,7-10,14H2,(H,30,31,35). The van der Waals surface area contributed by atoms with Crippen molar-refractivity contribution in [2.75, 3.05) is 43.0 Å². The molecule has 2 N–H and O–H groups in total. The first-order valence-electron chi connectivity index (χ1n) is 11.4. The molecule has 0 saturated carbocycles. The molecule has 0 radical (unpaired) electrons. The number of hydrogen-bond acceptors (Lipinski definition) is 7. The van der Waals surface area contributed by atoms with Gasteiger partial charge in [-0.05, 0) is 29.7 Å². The van der Waals surface area contributed by atoms with E-state index in [0.717, 1.165) is 22.0 Å². The van der Waals surface area contributed by atoms with Crippen molar-refractivity contribution in [1.82, 2.24) is 19.9 Å². The van der Waals surface area contributed by atoms with Crippen LogP contribution in [0.1, 0.15) is 0 Å². The van der Waals surface area contributed by atoms with E-state index in [2.05, 4.69) is 31.7 Å². The quantitative estimate of drug-likeness (QED) is 0.403. The molecule has 9 nitrogen and oxygen atoms in total. The van der Waals surface area contributed by atoms with Crippen LogP contribution in [0.3, 0.4) is 0 Å². The lowest BCUT2D eigenvalue weighted by molar-refractivity contribution is -0.126. The lowest BCUT2D eigenvalue weighted by atomic mass is 10.0. The molecule has 1 fully saturated rings. The van der Waals surface area contributed by atoms with Crippen LogP contribution in [0.5, 0.6) is 0 Å². The van der Waals surface area contributed by atoms with Gasteiger partial charge in [0.1, 0.15) is 24.6 Å². The number of pyridine rings is 1. The third kappa shape index (κ3) is 4.46. The summed E-state index contributed by atoms with van der Waals surface area (Å²) in [7, 11) is 0. The Hall–Kier alpha value is -4.08. The van der Waals surface area contributed by atoms with Gasteiger partial charge in [0.25, 0.3) is 5.91 Å². The Bertz CT molecular complexity index is 1500. The number of hydrogen-bond donors (Lipinski definition) is 2. The van der Waals surface area contributed by atoms with Gasteiger partial charge in [-0.3, -0.25) is 9.59 Å². The van der Waals surface area contributed by atoms with Gasteiger partial charge in [-0.1, -0.05) is 42.4 Å². The summed E-state index contributed by atoms with van der Waals surface area (Å²) in [5.74, 6) is 0.433. The number of aliphatic hydroxyl groups excluding tert-OH is 1. The summed E-state index contributed by atoms with van der Waals surface area (Å²) in [6.45, 7) is 5.33. The Labute approximate surface area is 212 Å². The van der Waals surface area contributed by atoms with E-state index < -0.39 is 12.5 Å². The zero-order valence-electron chi connectivity index (χ0n) is 19.3. The maximum Gasteiger partial charge on any atom is 0.251 e. The lowest BCUT2D eigenvalue weighted by Gasteiger charge is -2.35. The molecular formula is C26H23ClN6O3. The number of aliphatic hydroxyl groups is 1. The van der Waals surface area contributed by atoms with E-state index in [0.29, 0.717) is 53.8 Å². The van der Waals surface area contributed by atoms with Crippen molar-refractivity contribution < 1.29 is 14.7 Å². The summed E-state index contributed by atoms with van der Waals surface area (Å²) in [5.41, 5.74) is 1.94. The second-order valence-corrected chi connectivity index (χ2v) is 8.75. The molecule has 4 aromatic rings. The molecule has 5 rings (SSSR count). The molecule has 2 amide bonds. The first kappa shape index (κ1) is 23.7. The fraction of sp³-hybridized carbons (Fsp3) is 0.192. The van der Waals surface area contributed by atoms with Gasteiger partial charge < -0.3 is 20.2 Å². The Morgan fingerprint density at radius 3 is 2.61 bits per heavy atom. The van der Waals surface area contributed by atoms with E-state index in [4.69, 9.17) is 16.7 Å². The largest absolute Gasteiger partial charge is 0.387 e. The number of piperazine rings is 1. The zero-order valence-corrected chi connectivity index (χ0v) is 20.1. The SMILES string of the molecule is C=CC(=O)N1CCN(c2ncnc3cc(-c4nc(NC(=O)CO)cc5ccccc45)c(Cl)cc23)CC1. The third-order valence-corrected chi connectivity index (χ3v) is 6.49. The van der Waals surface area contributed by atoms with Crippen molar-refractivity contribution in [3.05, 3.63) is 66.5 Å². The molecular weight excluding hydrogens is 480 g/mol. The van der Waals surface area contributed by atoms with Crippen molar-refractivity contribution in [2.45, 2.75) is 0 Å². The molecule has 0 aliphatic carbocycles. The van der Waals surface area contributed by atoms with Crippen molar-refractivity contribution in [3.8, 4) is 11.3 Å². The summed E-state index contributed by atoms with van der Waals surface area (Å²) < 4.78 is 0.